The van der Waals surface area contributed by atoms with Crippen LogP contribution in [0.15, 0.2) is 12.3 Å². The second-order valence-electron chi connectivity index (χ2n) is 3.67. The number of carbonyl (C=O) groups is 1. The number of nitrogens with zero attached hydrogens (tertiary/aromatic N) is 3. The van der Waals surface area contributed by atoms with Crippen molar-refractivity contribution in [2.45, 2.75) is 19.4 Å². The van der Waals surface area contributed by atoms with E-state index in [-0.39, 0.29) is 29.5 Å². The Bertz CT molecular complexity index is 523. The molecule has 0 fully saturated rings. The van der Waals surface area contributed by atoms with Crippen molar-refractivity contribution < 1.29 is 9.72 Å². The van der Waals surface area contributed by atoms with Crippen LogP contribution < -0.4 is 11.1 Å². The van der Waals surface area contributed by atoms with Crippen molar-refractivity contribution in [2.24, 2.45) is 5.73 Å². The summed E-state index contributed by atoms with van der Waals surface area (Å²) in [7, 11) is 0. The molecule has 0 spiro atoms. The molecule has 1 aromatic heterocycles. The number of aromatic nitrogens is 1. The standard InChI is InChI=1S/C10H11N5O3/c1-6(2-9(12)16)14-10-7(4-11)3-8(5-13-10)15(17)18/h3,5-6H,2H2,1H3,(H2,12,16)(H,13,14). The molecule has 0 saturated carbocycles. The smallest absolute Gasteiger partial charge is 0.289 e. The lowest BCUT2D eigenvalue weighted by molar-refractivity contribution is -0.385. The monoisotopic (exact) mass is 249 g/mol. The van der Waals surface area contributed by atoms with Crippen molar-refractivity contribution in [2.75, 3.05) is 5.32 Å². The summed E-state index contributed by atoms with van der Waals surface area (Å²) in [6.45, 7) is 1.69. The van der Waals surface area contributed by atoms with E-state index in [1.807, 2.05) is 0 Å². The molecule has 1 rings (SSSR count). The average molecular weight is 249 g/mol. The Balaban J connectivity index is 2.93. The van der Waals surface area contributed by atoms with Gasteiger partial charge in [0.15, 0.2) is 0 Å². The van der Waals surface area contributed by atoms with Crippen LogP contribution in [-0.2, 0) is 4.79 Å². The first-order chi connectivity index (χ1) is 8.43. The fraction of sp³-hybridized carbons (Fsp3) is 0.300. The van der Waals surface area contributed by atoms with Gasteiger partial charge in [-0.15, -0.1) is 0 Å². The normalized spacial score (nSPS) is 11.3. The number of nitriles is 1. The number of nitro groups is 1. The van der Waals surface area contributed by atoms with Crippen LogP contribution in [-0.4, -0.2) is 21.9 Å². The largest absolute Gasteiger partial charge is 0.370 e. The molecule has 18 heavy (non-hydrogen) atoms. The summed E-state index contributed by atoms with van der Waals surface area (Å²) in [6.07, 6.45) is 1.11. The van der Waals surface area contributed by atoms with Crippen molar-refractivity contribution in [3.8, 4) is 6.07 Å². The van der Waals surface area contributed by atoms with Crippen LogP contribution in [0.1, 0.15) is 18.9 Å². The summed E-state index contributed by atoms with van der Waals surface area (Å²) in [5, 5.41) is 22.2. The van der Waals surface area contributed by atoms with E-state index in [1.54, 1.807) is 13.0 Å². The lowest BCUT2D eigenvalue weighted by Crippen LogP contribution is -2.24. The Labute approximate surface area is 103 Å². The molecule has 1 heterocycles. The van der Waals surface area contributed by atoms with Crippen LogP contribution in [0.5, 0.6) is 0 Å². The van der Waals surface area contributed by atoms with Crippen molar-refractivity contribution in [3.05, 3.63) is 27.9 Å². The number of carbonyl (C=O) groups excluding carboxylic acids is 1. The highest BCUT2D eigenvalue weighted by Gasteiger charge is 2.14. The summed E-state index contributed by atoms with van der Waals surface area (Å²) < 4.78 is 0. The maximum absolute atomic E-state index is 10.7. The highest BCUT2D eigenvalue weighted by molar-refractivity contribution is 5.75. The van der Waals surface area contributed by atoms with E-state index < -0.39 is 10.8 Å². The van der Waals surface area contributed by atoms with Gasteiger partial charge >= 0.3 is 0 Å². The molecule has 94 valence electrons. The van der Waals surface area contributed by atoms with Crippen molar-refractivity contribution in [1.82, 2.24) is 4.98 Å². The first-order valence-electron chi connectivity index (χ1n) is 5.03. The van der Waals surface area contributed by atoms with Crippen LogP contribution in [0.25, 0.3) is 0 Å². The molecule has 1 aromatic rings. The fourth-order valence-electron chi connectivity index (χ4n) is 1.34. The number of pyridine rings is 1. The first kappa shape index (κ1) is 13.4. The number of amides is 1. The van der Waals surface area contributed by atoms with Gasteiger partial charge in [0.05, 0.1) is 4.92 Å². The van der Waals surface area contributed by atoms with Gasteiger partial charge in [0.2, 0.25) is 5.91 Å². The van der Waals surface area contributed by atoms with E-state index in [9.17, 15) is 14.9 Å². The lowest BCUT2D eigenvalue weighted by atomic mass is 10.2. The zero-order valence-electron chi connectivity index (χ0n) is 9.58. The van der Waals surface area contributed by atoms with Crippen LogP contribution in [0.3, 0.4) is 0 Å². The molecular formula is C10H11N5O3. The Morgan fingerprint density at radius 1 is 1.78 bits per heavy atom. The van der Waals surface area contributed by atoms with E-state index in [4.69, 9.17) is 11.0 Å². The lowest BCUT2D eigenvalue weighted by Gasteiger charge is -2.13. The van der Waals surface area contributed by atoms with Gasteiger partial charge in [-0.3, -0.25) is 14.9 Å². The van der Waals surface area contributed by atoms with Crippen LogP contribution in [0.2, 0.25) is 0 Å². The molecule has 3 N–H and O–H groups in total. The minimum absolute atomic E-state index is 0.0421. The van der Waals surface area contributed by atoms with E-state index in [0.717, 1.165) is 12.3 Å². The number of rotatable bonds is 5. The maximum atomic E-state index is 10.7. The van der Waals surface area contributed by atoms with Gasteiger partial charge in [-0.1, -0.05) is 0 Å². The van der Waals surface area contributed by atoms with Crippen molar-refractivity contribution in [3.63, 3.8) is 0 Å². The Hall–Kier alpha value is -2.69. The number of hydrogen-bond acceptors (Lipinski definition) is 6. The molecular weight excluding hydrogens is 238 g/mol. The molecule has 8 heteroatoms. The third-order valence-electron chi connectivity index (χ3n) is 2.10. The highest BCUT2D eigenvalue weighted by atomic mass is 16.6. The van der Waals surface area contributed by atoms with Crippen LogP contribution >= 0.6 is 0 Å². The zero-order valence-corrected chi connectivity index (χ0v) is 9.58. The summed E-state index contributed by atoms with van der Waals surface area (Å²) in [6, 6.07) is 2.61. The van der Waals surface area contributed by atoms with Crippen molar-refractivity contribution >= 4 is 17.4 Å². The fourth-order valence-corrected chi connectivity index (χ4v) is 1.34. The molecule has 0 aliphatic heterocycles. The summed E-state index contributed by atoms with van der Waals surface area (Å²) in [5.41, 5.74) is 4.81. The van der Waals surface area contributed by atoms with E-state index in [1.165, 1.54) is 0 Å². The third kappa shape index (κ3) is 3.41. The molecule has 0 aromatic carbocycles. The van der Waals surface area contributed by atoms with Crippen LogP contribution in [0.4, 0.5) is 11.5 Å². The Kier molecular flexibility index (Phi) is 4.15. The van der Waals surface area contributed by atoms with Gasteiger partial charge in [-0.05, 0) is 6.92 Å². The number of nitrogens with one attached hydrogen (secondary N) is 1. The molecule has 0 saturated heterocycles. The molecule has 8 nitrogen and oxygen atoms in total. The predicted octanol–water partition coefficient (Wildman–Crippen LogP) is 0.537. The van der Waals surface area contributed by atoms with Gasteiger partial charge < -0.3 is 11.1 Å². The van der Waals surface area contributed by atoms with Crippen LogP contribution in [0, 0.1) is 21.4 Å². The van der Waals surface area contributed by atoms with Gasteiger partial charge in [-0.2, -0.15) is 5.26 Å². The van der Waals surface area contributed by atoms with Gasteiger partial charge in [0.1, 0.15) is 23.6 Å². The topological polar surface area (TPSA) is 135 Å². The minimum atomic E-state index is -0.634. The summed E-state index contributed by atoms with van der Waals surface area (Å²) in [4.78, 5) is 24.4. The molecule has 0 aliphatic carbocycles. The van der Waals surface area contributed by atoms with Gasteiger partial charge in [0.25, 0.3) is 5.69 Å². The Morgan fingerprint density at radius 2 is 2.44 bits per heavy atom. The SMILES string of the molecule is CC(CC(N)=O)Nc1ncc([N+](=O)[O-])cc1C#N. The number of nitrogens with two attached hydrogens (primary N) is 1. The third-order valence-corrected chi connectivity index (χ3v) is 2.10. The molecule has 0 radical (unpaired) electrons. The second-order valence-corrected chi connectivity index (χ2v) is 3.67. The highest BCUT2D eigenvalue weighted by Crippen LogP contribution is 2.19. The molecule has 0 bridgehead atoms. The number of primary amides is 1. The maximum Gasteiger partial charge on any atom is 0.289 e. The van der Waals surface area contributed by atoms with E-state index in [0.29, 0.717) is 0 Å². The van der Waals surface area contributed by atoms with Crippen molar-refractivity contribution in [1.29, 1.82) is 5.26 Å². The average Bonchev–Trinajstić information content (AvgIpc) is 2.27. The van der Waals surface area contributed by atoms with Gasteiger partial charge in [-0.25, -0.2) is 4.98 Å². The Morgan fingerprint density at radius 3 is 2.94 bits per heavy atom. The molecule has 1 amide bonds. The van der Waals surface area contributed by atoms with E-state index in [2.05, 4.69) is 10.3 Å². The predicted molar refractivity (Wildman–Crippen MR) is 62.5 cm³/mol. The van der Waals surface area contributed by atoms with E-state index >= 15 is 0 Å². The summed E-state index contributed by atoms with van der Waals surface area (Å²) >= 11 is 0. The number of anilines is 1. The summed E-state index contributed by atoms with van der Waals surface area (Å²) in [5.74, 6) is -0.299. The molecule has 1 unspecified atom stereocenters. The molecule has 0 aliphatic rings. The number of hydrogen-bond donors (Lipinski definition) is 2. The first-order valence-corrected chi connectivity index (χ1v) is 5.03. The quantitative estimate of drug-likeness (QED) is 0.577. The second kappa shape index (κ2) is 5.58. The van der Waals surface area contributed by atoms with Gasteiger partial charge in [0, 0.05) is 18.5 Å². The minimum Gasteiger partial charge on any atom is -0.370 e. The molecule has 1 atom stereocenters. The zero-order chi connectivity index (χ0) is 13.7.